The highest BCUT2D eigenvalue weighted by Crippen LogP contribution is 2.29. The highest BCUT2D eigenvalue weighted by atomic mass is 32.2. The van der Waals surface area contributed by atoms with E-state index >= 15 is 0 Å². The Balaban J connectivity index is 2.10. The van der Waals surface area contributed by atoms with Crippen molar-refractivity contribution in [3.63, 3.8) is 0 Å². The third-order valence-electron chi connectivity index (χ3n) is 4.03. The summed E-state index contributed by atoms with van der Waals surface area (Å²) in [4.78, 5) is 22.8. The zero-order valence-electron chi connectivity index (χ0n) is 16.3. The van der Waals surface area contributed by atoms with Crippen LogP contribution < -0.4 is 19.1 Å². The molecular formula is C18H21N3O7S. The predicted octanol–water partition coefficient (Wildman–Crippen LogP) is 2.41. The minimum Gasteiger partial charge on any atom is -0.495 e. The van der Waals surface area contributed by atoms with Crippen LogP contribution in [0.25, 0.3) is 0 Å². The standard InChI is InChI=1S/C18H21N3O7S/c1-12(28-15-8-5-13(6-9-15)20(2)29(4,25)26)18(22)19-16-11-14(21(23)24)7-10-17(16)27-3/h5-12H,1-4H3,(H,19,22). The van der Waals surface area contributed by atoms with Gasteiger partial charge in [-0.05, 0) is 37.3 Å². The molecule has 0 aliphatic heterocycles. The van der Waals surface area contributed by atoms with Gasteiger partial charge >= 0.3 is 0 Å². The quantitative estimate of drug-likeness (QED) is 0.510. The van der Waals surface area contributed by atoms with Crippen molar-refractivity contribution in [2.75, 3.05) is 30.0 Å². The summed E-state index contributed by atoms with van der Waals surface area (Å²) in [7, 11) is -0.582. The van der Waals surface area contributed by atoms with Gasteiger partial charge in [-0.1, -0.05) is 0 Å². The number of nitro benzene ring substituents is 1. The molecule has 1 amide bonds. The lowest BCUT2D eigenvalue weighted by molar-refractivity contribution is -0.384. The largest absolute Gasteiger partial charge is 0.495 e. The van der Waals surface area contributed by atoms with Crippen LogP contribution in [0.3, 0.4) is 0 Å². The fraction of sp³-hybridized carbons (Fsp3) is 0.278. The second kappa shape index (κ2) is 8.78. The number of rotatable bonds is 8. The Hall–Kier alpha value is -3.34. The predicted molar refractivity (Wildman–Crippen MR) is 108 cm³/mol. The molecule has 0 aliphatic rings. The number of hydrogen-bond acceptors (Lipinski definition) is 7. The van der Waals surface area contributed by atoms with E-state index in [-0.39, 0.29) is 17.1 Å². The minimum absolute atomic E-state index is 0.146. The lowest BCUT2D eigenvalue weighted by Crippen LogP contribution is -2.30. The van der Waals surface area contributed by atoms with Gasteiger partial charge in [0.25, 0.3) is 11.6 Å². The number of ether oxygens (including phenoxy) is 2. The van der Waals surface area contributed by atoms with Crippen molar-refractivity contribution >= 4 is 33.0 Å². The Labute approximate surface area is 168 Å². The van der Waals surface area contributed by atoms with Crippen LogP contribution in [0.15, 0.2) is 42.5 Å². The van der Waals surface area contributed by atoms with Gasteiger partial charge in [-0.2, -0.15) is 0 Å². The molecule has 0 spiro atoms. The topological polar surface area (TPSA) is 128 Å². The van der Waals surface area contributed by atoms with Crippen LogP contribution in [0.2, 0.25) is 0 Å². The number of nitrogens with one attached hydrogen (secondary N) is 1. The molecule has 10 nitrogen and oxygen atoms in total. The first-order valence-electron chi connectivity index (χ1n) is 8.37. The summed E-state index contributed by atoms with van der Waals surface area (Å²) in [5.74, 6) is 0.0785. The molecule has 1 unspecified atom stereocenters. The van der Waals surface area contributed by atoms with Crippen LogP contribution in [0.1, 0.15) is 6.92 Å². The maximum Gasteiger partial charge on any atom is 0.271 e. The van der Waals surface area contributed by atoms with Gasteiger partial charge in [0.1, 0.15) is 11.5 Å². The van der Waals surface area contributed by atoms with Gasteiger partial charge in [0.05, 0.1) is 29.7 Å². The molecule has 2 aromatic carbocycles. The van der Waals surface area contributed by atoms with Crippen LogP contribution in [0, 0.1) is 10.1 Å². The monoisotopic (exact) mass is 423 g/mol. The third-order valence-corrected chi connectivity index (χ3v) is 5.24. The molecule has 2 rings (SSSR count). The smallest absolute Gasteiger partial charge is 0.271 e. The second-order valence-corrected chi connectivity index (χ2v) is 8.13. The molecule has 0 fully saturated rings. The SMILES string of the molecule is COc1ccc([N+](=O)[O-])cc1NC(=O)C(C)Oc1ccc(N(C)S(C)(=O)=O)cc1. The zero-order chi connectivity index (χ0) is 21.8. The zero-order valence-corrected chi connectivity index (χ0v) is 17.1. The molecule has 0 bridgehead atoms. The Bertz CT molecular complexity index is 1010. The van der Waals surface area contributed by atoms with Crippen LogP contribution >= 0.6 is 0 Å². The summed E-state index contributed by atoms with van der Waals surface area (Å²) in [6.07, 6.45) is 0.156. The highest BCUT2D eigenvalue weighted by molar-refractivity contribution is 7.92. The highest BCUT2D eigenvalue weighted by Gasteiger charge is 2.19. The molecule has 1 N–H and O–H groups in total. The Morgan fingerprint density at radius 3 is 2.34 bits per heavy atom. The van der Waals surface area contributed by atoms with E-state index in [2.05, 4.69) is 5.32 Å². The molecule has 2 aromatic rings. The van der Waals surface area contributed by atoms with Gasteiger partial charge in [0, 0.05) is 19.2 Å². The summed E-state index contributed by atoms with van der Waals surface area (Å²) in [5.41, 5.74) is 0.394. The number of amides is 1. The second-order valence-electron chi connectivity index (χ2n) is 6.12. The van der Waals surface area contributed by atoms with Crippen molar-refractivity contribution in [2.24, 2.45) is 0 Å². The van der Waals surface area contributed by atoms with Crippen LogP contribution in [-0.4, -0.2) is 45.8 Å². The van der Waals surface area contributed by atoms with Gasteiger partial charge in [0.15, 0.2) is 6.10 Å². The molecule has 11 heteroatoms. The number of carbonyl (C=O) groups is 1. The van der Waals surface area contributed by atoms with Gasteiger partial charge < -0.3 is 14.8 Å². The van der Waals surface area contributed by atoms with Crippen LogP contribution in [0.4, 0.5) is 17.1 Å². The Morgan fingerprint density at radius 1 is 1.21 bits per heavy atom. The van der Waals surface area contributed by atoms with E-state index in [1.165, 1.54) is 51.4 Å². The van der Waals surface area contributed by atoms with Crippen molar-refractivity contribution in [3.05, 3.63) is 52.6 Å². The molecule has 0 heterocycles. The van der Waals surface area contributed by atoms with Gasteiger partial charge in [0.2, 0.25) is 10.0 Å². The number of sulfonamides is 1. The van der Waals surface area contributed by atoms with Crippen molar-refractivity contribution in [1.29, 1.82) is 0 Å². The first-order valence-corrected chi connectivity index (χ1v) is 10.2. The average molecular weight is 423 g/mol. The maximum absolute atomic E-state index is 12.4. The summed E-state index contributed by atoms with van der Waals surface area (Å²) < 4.78 is 34.9. The van der Waals surface area contributed by atoms with E-state index < -0.39 is 27.0 Å². The van der Waals surface area contributed by atoms with Crippen LogP contribution in [0.5, 0.6) is 11.5 Å². The number of methoxy groups -OCH3 is 1. The van der Waals surface area contributed by atoms with E-state index in [4.69, 9.17) is 9.47 Å². The number of nitro groups is 1. The summed E-state index contributed by atoms with van der Waals surface area (Å²) >= 11 is 0. The molecule has 0 radical (unpaired) electrons. The van der Waals surface area contributed by atoms with E-state index in [1.807, 2.05) is 0 Å². The molecular weight excluding hydrogens is 402 g/mol. The first kappa shape index (κ1) is 22.0. The number of anilines is 2. The molecule has 0 saturated heterocycles. The molecule has 0 saturated carbocycles. The Kier molecular flexibility index (Phi) is 6.64. The molecule has 156 valence electrons. The van der Waals surface area contributed by atoms with E-state index in [9.17, 15) is 23.3 Å². The summed E-state index contributed by atoms with van der Waals surface area (Å²) in [5, 5.41) is 13.5. The fourth-order valence-corrected chi connectivity index (χ4v) is 2.83. The summed E-state index contributed by atoms with van der Waals surface area (Å²) in [6, 6.07) is 10.0. The van der Waals surface area contributed by atoms with Gasteiger partial charge in [-0.3, -0.25) is 19.2 Å². The van der Waals surface area contributed by atoms with E-state index in [1.54, 1.807) is 12.1 Å². The minimum atomic E-state index is -3.39. The molecule has 0 aromatic heterocycles. The Morgan fingerprint density at radius 2 is 1.83 bits per heavy atom. The molecule has 29 heavy (non-hydrogen) atoms. The average Bonchev–Trinajstić information content (AvgIpc) is 2.67. The number of carbonyl (C=O) groups excluding carboxylic acids is 1. The van der Waals surface area contributed by atoms with E-state index in [0.717, 1.165) is 10.6 Å². The normalized spacial score (nSPS) is 12.0. The van der Waals surface area contributed by atoms with Crippen molar-refractivity contribution in [2.45, 2.75) is 13.0 Å². The van der Waals surface area contributed by atoms with Gasteiger partial charge in [-0.15, -0.1) is 0 Å². The number of non-ortho nitro benzene ring substituents is 1. The van der Waals surface area contributed by atoms with E-state index in [0.29, 0.717) is 11.4 Å². The third kappa shape index (κ3) is 5.57. The van der Waals surface area contributed by atoms with Gasteiger partial charge in [-0.25, -0.2) is 8.42 Å². The van der Waals surface area contributed by atoms with Crippen molar-refractivity contribution in [1.82, 2.24) is 0 Å². The molecule has 0 aliphatic carbocycles. The van der Waals surface area contributed by atoms with Crippen molar-refractivity contribution < 1.29 is 27.6 Å². The lowest BCUT2D eigenvalue weighted by atomic mass is 10.2. The van der Waals surface area contributed by atoms with Crippen molar-refractivity contribution in [3.8, 4) is 11.5 Å². The number of nitrogens with zero attached hydrogens (tertiary/aromatic N) is 2. The molecule has 1 atom stereocenters. The lowest BCUT2D eigenvalue weighted by Gasteiger charge is -2.18. The fourth-order valence-electron chi connectivity index (χ4n) is 2.33. The number of benzene rings is 2. The maximum atomic E-state index is 12.4. The van der Waals surface area contributed by atoms with Crippen LogP contribution in [-0.2, 0) is 14.8 Å². The first-order chi connectivity index (χ1) is 13.5. The summed E-state index contributed by atoms with van der Waals surface area (Å²) in [6.45, 7) is 1.51. The number of hydrogen-bond donors (Lipinski definition) is 1.